The predicted molar refractivity (Wildman–Crippen MR) is 84.3 cm³/mol. The molecule has 0 radical (unpaired) electrons. The number of hydrogen-bond acceptors (Lipinski definition) is 3. The molecule has 1 aromatic rings. The van der Waals surface area contributed by atoms with Crippen LogP contribution in [0.1, 0.15) is 45.1 Å². The van der Waals surface area contributed by atoms with Crippen molar-refractivity contribution >= 4 is 0 Å². The Labute approximate surface area is 123 Å². The van der Waals surface area contributed by atoms with Crippen LogP contribution in [0.3, 0.4) is 0 Å². The Hall–Kier alpha value is -1.06. The first-order chi connectivity index (χ1) is 9.88. The van der Waals surface area contributed by atoms with Gasteiger partial charge in [-0.05, 0) is 19.0 Å². The van der Waals surface area contributed by atoms with E-state index < -0.39 is 0 Å². The van der Waals surface area contributed by atoms with Crippen molar-refractivity contribution in [2.24, 2.45) is 0 Å². The van der Waals surface area contributed by atoms with Crippen LogP contribution in [0, 0.1) is 0 Å². The van der Waals surface area contributed by atoms with Crippen LogP contribution >= 0.6 is 0 Å². The second-order valence-electron chi connectivity index (χ2n) is 4.91. The maximum absolute atomic E-state index is 5.80. The van der Waals surface area contributed by atoms with Gasteiger partial charge in [-0.2, -0.15) is 0 Å². The molecule has 20 heavy (non-hydrogen) atoms. The minimum absolute atomic E-state index is 0.622. The SMILES string of the molecule is CCCCCCOCCOc1ccccc1CNCC. The van der Waals surface area contributed by atoms with Gasteiger partial charge in [0.2, 0.25) is 0 Å². The average Bonchev–Trinajstić information content (AvgIpc) is 2.49. The first-order valence-corrected chi connectivity index (χ1v) is 7.87. The number of rotatable bonds is 12. The maximum Gasteiger partial charge on any atom is 0.123 e. The molecule has 3 nitrogen and oxygen atoms in total. The summed E-state index contributed by atoms with van der Waals surface area (Å²) in [4.78, 5) is 0. The summed E-state index contributed by atoms with van der Waals surface area (Å²) in [6.45, 7) is 8.29. The molecule has 3 heteroatoms. The third kappa shape index (κ3) is 7.51. The summed E-state index contributed by atoms with van der Waals surface area (Å²) in [7, 11) is 0. The molecule has 0 fully saturated rings. The summed E-state index contributed by atoms with van der Waals surface area (Å²) >= 11 is 0. The van der Waals surface area contributed by atoms with E-state index in [0.29, 0.717) is 13.2 Å². The van der Waals surface area contributed by atoms with Gasteiger partial charge in [0.05, 0.1) is 6.61 Å². The topological polar surface area (TPSA) is 30.5 Å². The second kappa shape index (κ2) is 11.7. The lowest BCUT2D eigenvalue weighted by Crippen LogP contribution is -2.14. The lowest BCUT2D eigenvalue weighted by atomic mass is 10.2. The third-order valence-electron chi connectivity index (χ3n) is 3.17. The van der Waals surface area contributed by atoms with E-state index in [2.05, 4.69) is 25.2 Å². The van der Waals surface area contributed by atoms with Crippen LogP contribution in [0.2, 0.25) is 0 Å². The Bertz CT molecular complexity index is 342. The van der Waals surface area contributed by atoms with Crippen molar-refractivity contribution in [3.8, 4) is 5.75 Å². The average molecular weight is 279 g/mol. The Kier molecular flexibility index (Phi) is 9.98. The van der Waals surface area contributed by atoms with Crippen molar-refractivity contribution < 1.29 is 9.47 Å². The highest BCUT2D eigenvalue weighted by molar-refractivity contribution is 5.33. The number of ether oxygens (including phenoxy) is 2. The van der Waals surface area contributed by atoms with Crippen LogP contribution in [0.4, 0.5) is 0 Å². The molecule has 0 aliphatic heterocycles. The Morgan fingerprint density at radius 3 is 2.60 bits per heavy atom. The molecule has 0 bridgehead atoms. The van der Waals surface area contributed by atoms with E-state index >= 15 is 0 Å². The number of unbranched alkanes of at least 4 members (excludes halogenated alkanes) is 3. The lowest BCUT2D eigenvalue weighted by Gasteiger charge is -2.12. The van der Waals surface area contributed by atoms with Crippen LogP contribution < -0.4 is 10.1 Å². The highest BCUT2D eigenvalue weighted by Gasteiger charge is 2.01. The van der Waals surface area contributed by atoms with Crippen molar-refractivity contribution in [2.75, 3.05) is 26.4 Å². The highest BCUT2D eigenvalue weighted by Crippen LogP contribution is 2.17. The van der Waals surface area contributed by atoms with E-state index in [1.165, 1.54) is 24.8 Å². The fourth-order valence-electron chi connectivity index (χ4n) is 1.99. The molecule has 1 N–H and O–H groups in total. The lowest BCUT2D eigenvalue weighted by molar-refractivity contribution is 0.0968. The molecule has 0 atom stereocenters. The largest absolute Gasteiger partial charge is 0.491 e. The maximum atomic E-state index is 5.80. The van der Waals surface area contributed by atoms with Crippen molar-refractivity contribution in [3.05, 3.63) is 29.8 Å². The van der Waals surface area contributed by atoms with Gasteiger partial charge in [0.15, 0.2) is 0 Å². The van der Waals surface area contributed by atoms with E-state index in [1.54, 1.807) is 0 Å². The summed E-state index contributed by atoms with van der Waals surface area (Å²) in [5.41, 5.74) is 1.21. The van der Waals surface area contributed by atoms with Crippen LogP contribution in [0.5, 0.6) is 5.75 Å². The minimum Gasteiger partial charge on any atom is -0.491 e. The molecule has 0 unspecified atom stereocenters. The summed E-state index contributed by atoms with van der Waals surface area (Å²) in [6, 6.07) is 8.18. The summed E-state index contributed by atoms with van der Waals surface area (Å²) < 4.78 is 11.4. The highest BCUT2D eigenvalue weighted by atomic mass is 16.5. The molecule has 1 aromatic carbocycles. The molecule has 1 rings (SSSR count). The number of para-hydroxylation sites is 1. The Balaban J connectivity index is 2.15. The number of hydrogen-bond donors (Lipinski definition) is 1. The zero-order chi connectivity index (χ0) is 14.5. The Morgan fingerprint density at radius 1 is 0.950 bits per heavy atom. The van der Waals surface area contributed by atoms with E-state index in [4.69, 9.17) is 9.47 Å². The molecule has 114 valence electrons. The van der Waals surface area contributed by atoms with Gasteiger partial charge in [-0.15, -0.1) is 0 Å². The molecule has 0 heterocycles. The number of nitrogens with one attached hydrogen (secondary N) is 1. The fourth-order valence-corrected chi connectivity index (χ4v) is 1.99. The molecule has 0 amide bonds. The zero-order valence-corrected chi connectivity index (χ0v) is 13.0. The number of benzene rings is 1. The first-order valence-electron chi connectivity index (χ1n) is 7.87. The summed E-state index contributed by atoms with van der Waals surface area (Å²) in [6.07, 6.45) is 5.00. The van der Waals surface area contributed by atoms with Crippen LogP contribution in [-0.2, 0) is 11.3 Å². The van der Waals surface area contributed by atoms with Gasteiger partial charge in [0.25, 0.3) is 0 Å². The quantitative estimate of drug-likeness (QED) is 0.591. The van der Waals surface area contributed by atoms with E-state index in [1.807, 2.05) is 18.2 Å². The van der Waals surface area contributed by atoms with E-state index in [-0.39, 0.29) is 0 Å². The molecular formula is C17H29NO2. The van der Waals surface area contributed by atoms with Gasteiger partial charge >= 0.3 is 0 Å². The second-order valence-corrected chi connectivity index (χ2v) is 4.91. The van der Waals surface area contributed by atoms with Gasteiger partial charge in [0, 0.05) is 18.7 Å². The van der Waals surface area contributed by atoms with E-state index in [9.17, 15) is 0 Å². The van der Waals surface area contributed by atoms with Gasteiger partial charge in [-0.3, -0.25) is 0 Å². The fraction of sp³-hybridized carbons (Fsp3) is 0.647. The van der Waals surface area contributed by atoms with Gasteiger partial charge in [0.1, 0.15) is 12.4 Å². The van der Waals surface area contributed by atoms with Crippen molar-refractivity contribution in [1.29, 1.82) is 0 Å². The minimum atomic E-state index is 0.622. The zero-order valence-electron chi connectivity index (χ0n) is 13.0. The molecule has 0 saturated carbocycles. The molecule has 0 aliphatic rings. The third-order valence-corrected chi connectivity index (χ3v) is 3.17. The normalized spacial score (nSPS) is 10.7. The Morgan fingerprint density at radius 2 is 1.80 bits per heavy atom. The standard InChI is InChI=1S/C17H29NO2/c1-3-5-6-9-12-19-13-14-20-17-11-8-7-10-16(17)15-18-4-2/h7-8,10-11,18H,3-6,9,12-15H2,1-2H3. The van der Waals surface area contributed by atoms with Crippen molar-refractivity contribution in [2.45, 2.75) is 46.1 Å². The van der Waals surface area contributed by atoms with Crippen LogP contribution in [0.15, 0.2) is 24.3 Å². The monoisotopic (exact) mass is 279 g/mol. The van der Waals surface area contributed by atoms with E-state index in [0.717, 1.165) is 31.9 Å². The van der Waals surface area contributed by atoms with Crippen LogP contribution in [-0.4, -0.2) is 26.4 Å². The predicted octanol–water partition coefficient (Wildman–Crippen LogP) is 3.77. The molecule has 0 spiro atoms. The summed E-state index contributed by atoms with van der Waals surface area (Å²) in [5.74, 6) is 0.961. The van der Waals surface area contributed by atoms with Crippen molar-refractivity contribution in [1.82, 2.24) is 5.32 Å². The molecule has 0 aromatic heterocycles. The molecule has 0 saturated heterocycles. The van der Waals surface area contributed by atoms with Crippen molar-refractivity contribution in [3.63, 3.8) is 0 Å². The first kappa shape index (κ1) is 17.0. The smallest absolute Gasteiger partial charge is 0.123 e. The summed E-state index contributed by atoms with van der Waals surface area (Å²) in [5, 5.41) is 3.32. The molecule has 0 aliphatic carbocycles. The van der Waals surface area contributed by atoms with Crippen LogP contribution in [0.25, 0.3) is 0 Å². The van der Waals surface area contributed by atoms with Gasteiger partial charge in [-0.25, -0.2) is 0 Å². The van der Waals surface area contributed by atoms with Gasteiger partial charge < -0.3 is 14.8 Å². The molecular weight excluding hydrogens is 250 g/mol. The van der Waals surface area contributed by atoms with Gasteiger partial charge in [-0.1, -0.05) is 51.3 Å².